The lowest BCUT2D eigenvalue weighted by atomic mass is 10.2. The SMILES string of the molecule is CC1(C)OCC(Nc2ccc(-n3cncn3)nc2)CO1. The normalized spacial score (nSPS) is 18.9. The van der Waals surface area contributed by atoms with Crippen molar-refractivity contribution in [3.63, 3.8) is 0 Å². The van der Waals surface area contributed by atoms with Gasteiger partial charge in [0.05, 0.1) is 31.1 Å². The van der Waals surface area contributed by atoms with Gasteiger partial charge in [0, 0.05) is 0 Å². The van der Waals surface area contributed by atoms with E-state index in [-0.39, 0.29) is 6.04 Å². The summed E-state index contributed by atoms with van der Waals surface area (Å²) >= 11 is 0. The van der Waals surface area contributed by atoms with E-state index in [9.17, 15) is 0 Å². The Labute approximate surface area is 116 Å². The van der Waals surface area contributed by atoms with Gasteiger partial charge in [-0.05, 0) is 26.0 Å². The van der Waals surface area contributed by atoms with Gasteiger partial charge in [0.15, 0.2) is 11.6 Å². The van der Waals surface area contributed by atoms with E-state index in [1.807, 2.05) is 26.0 Å². The summed E-state index contributed by atoms with van der Waals surface area (Å²) in [7, 11) is 0. The van der Waals surface area contributed by atoms with Crippen LogP contribution in [0, 0.1) is 0 Å². The monoisotopic (exact) mass is 275 g/mol. The third-order valence-corrected chi connectivity index (χ3v) is 3.04. The summed E-state index contributed by atoms with van der Waals surface area (Å²) in [5.74, 6) is 0.234. The van der Waals surface area contributed by atoms with Crippen molar-refractivity contribution in [1.29, 1.82) is 0 Å². The number of aromatic nitrogens is 4. The lowest BCUT2D eigenvalue weighted by Gasteiger charge is -2.35. The highest BCUT2D eigenvalue weighted by Crippen LogP contribution is 2.19. The number of nitrogens with one attached hydrogen (secondary N) is 1. The van der Waals surface area contributed by atoms with Crippen molar-refractivity contribution < 1.29 is 9.47 Å². The van der Waals surface area contributed by atoms with Crippen LogP contribution in [0.5, 0.6) is 0 Å². The Morgan fingerprint density at radius 3 is 2.70 bits per heavy atom. The molecule has 0 amide bonds. The first-order valence-corrected chi connectivity index (χ1v) is 6.48. The molecule has 1 aliphatic rings. The minimum Gasteiger partial charge on any atom is -0.376 e. The average molecular weight is 275 g/mol. The van der Waals surface area contributed by atoms with Crippen molar-refractivity contribution >= 4 is 5.69 Å². The molecule has 0 radical (unpaired) electrons. The molecule has 0 bridgehead atoms. The van der Waals surface area contributed by atoms with Crippen LogP contribution < -0.4 is 5.32 Å². The van der Waals surface area contributed by atoms with Gasteiger partial charge in [0.25, 0.3) is 0 Å². The van der Waals surface area contributed by atoms with Crippen LogP contribution in [0.1, 0.15) is 13.8 Å². The lowest BCUT2D eigenvalue weighted by Crippen LogP contribution is -2.45. The second-order valence-corrected chi connectivity index (χ2v) is 5.11. The Morgan fingerprint density at radius 1 is 1.30 bits per heavy atom. The predicted octanol–water partition coefficient (Wildman–Crippen LogP) is 1.23. The molecule has 7 nitrogen and oxygen atoms in total. The summed E-state index contributed by atoms with van der Waals surface area (Å²) in [5, 5.41) is 7.36. The number of hydrogen-bond acceptors (Lipinski definition) is 6. The molecule has 20 heavy (non-hydrogen) atoms. The predicted molar refractivity (Wildman–Crippen MR) is 72.5 cm³/mol. The van der Waals surface area contributed by atoms with Gasteiger partial charge in [0.1, 0.15) is 12.7 Å². The number of pyridine rings is 1. The van der Waals surface area contributed by atoms with Gasteiger partial charge in [-0.1, -0.05) is 0 Å². The van der Waals surface area contributed by atoms with Crippen LogP contribution in [0.15, 0.2) is 31.0 Å². The minimum absolute atomic E-state index is 0.127. The molecule has 2 aromatic heterocycles. The van der Waals surface area contributed by atoms with E-state index in [0.29, 0.717) is 13.2 Å². The van der Waals surface area contributed by atoms with Crippen molar-refractivity contribution in [2.75, 3.05) is 18.5 Å². The van der Waals surface area contributed by atoms with Crippen LogP contribution in [-0.4, -0.2) is 44.8 Å². The van der Waals surface area contributed by atoms with E-state index in [0.717, 1.165) is 11.5 Å². The number of nitrogens with zero attached hydrogens (tertiary/aromatic N) is 4. The molecule has 106 valence electrons. The zero-order chi connectivity index (χ0) is 14.0. The highest BCUT2D eigenvalue weighted by molar-refractivity contribution is 5.44. The van der Waals surface area contributed by atoms with Crippen LogP contribution >= 0.6 is 0 Å². The molecular weight excluding hydrogens is 258 g/mol. The van der Waals surface area contributed by atoms with Gasteiger partial charge >= 0.3 is 0 Å². The fourth-order valence-corrected chi connectivity index (χ4v) is 1.94. The van der Waals surface area contributed by atoms with Crippen LogP contribution in [-0.2, 0) is 9.47 Å². The van der Waals surface area contributed by atoms with Crippen molar-refractivity contribution in [1.82, 2.24) is 19.7 Å². The molecule has 3 heterocycles. The van der Waals surface area contributed by atoms with E-state index in [1.165, 1.54) is 6.33 Å². The van der Waals surface area contributed by atoms with E-state index in [2.05, 4.69) is 20.4 Å². The van der Waals surface area contributed by atoms with Gasteiger partial charge in [0.2, 0.25) is 0 Å². The van der Waals surface area contributed by atoms with Crippen LogP contribution in [0.2, 0.25) is 0 Å². The average Bonchev–Trinajstić information content (AvgIpc) is 2.96. The van der Waals surface area contributed by atoms with Crippen LogP contribution in [0.25, 0.3) is 5.82 Å². The maximum absolute atomic E-state index is 5.61. The zero-order valence-electron chi connectivity index (χ0n) is 11.5. The zero-order valence-corrected chi connectivity index (χ0v) is 11.5. The molecule has 0 spiro atoms. The number of hydrogen-bond donors (Lipinski definition) is 1. The summed E-state index contributed by atoms with van der Waals surface area (Å²) in [5.41, 5.74) is 0.922. The Kier molecular flexibility index (Phi) is 3.37. The van der Waals surface area contributed by atoms with Gasteiger partial charge < -0.3 is 14.8 Å². The van der Waals surface area contributed by atoms with Crippen molar-refractivity contribution in [2.24, 2.45) is 0 Å². The summed E-state index contributed by atoms with van der Waals surface area (Å²) in [6.45, 7) is 5.05. The fourth-order valence-electron chi connectivity index (χ4n) is 1.94. The molecule has 0 saturated carbocycles. The van der Waals surface area contributed by atoms with E-state index in [1.54, 1.807) is 17.2 Å². The van der Waals surface area contributed by atoms with Gasteiger partial charge in [-0.15, -0.1) is 0 Å². The molecule has 0 unspecified atom stereocenters. The summed E-state index contributed by atoms with van der Waals surface area (Å²) in [6, 6.07) is 3.96. The first-order valence-electron chi connectivity index (χ1n) is 6.48. The van der Waals surface area contributed by atoms with Gasteiger partial charge in [-0.2, -0.15) is 5.10 Å². The minimum atomic E-state index is -0.493. The Bertz CT molecular complexity index is 543. The third kappa shape index (κ3) is 2.94. The second-order valence-electron chi connectivity index (χ2n) is 5.11. The molecule has 1 aliphatic heterocycles. The molecule has 7 heteroatoms. The Balaban J connectivity index is 1.61. The number of rotatable bonds is 3. The van der Waals surface area contributed by atoms with Gasteiger partial charge in [-0.3, -0.25) is 0 Å². The quantitative estimate of drug-likeness (QED) is 0.908. The molecule has 2 aromatic rings. The maximum atomic E-state index is 5.61. The largest absolute Gasteiger partial charge is 0.376 e. The summed E-state index contributed by atoms with van der Waals surface area (Å²) in [6.07, 6.45) is 4.85. The van der Waals surface area contributed by atoms with Crippen LogP contribution in [0.3, 0.4) is 0 Å². The van der Waals surface area contributed by atoms with Crippen molar-refractivity contribution in [2.45, 2.75) is 25.7 Å². The van der Waals surface area contributed by atoms with E-state index < -0.39 is 5.79 Å². The highest BCUT2D eigenvalue weighted by atomic mass is 16.7. The van der Waals surface area contributed by atoms with E-state index >= 15 is 0 Å². The maximum Gasteiger partial charge on any atom is 0.162 e. The van der Waals surface area contributed by atoms with Crippen LogP contribution in [0.4, 0.5) is 5.69 Å². The molecular formula is C13H17N5O2. The lowest BCUT2D eigenvalue weighted by molar-refractivity contribution is -0.247. The van der Waals surface area contributed by atoms with Gasteiger partial charge in [-0.25, -0.2) is 14.6 Å². The smallest absolute Gasteiger partial charge is 0.162 e. The molecule has 0 atom stereocenters. The van der Waals surface area contributed by atoms with Crippen molar-refractivity contribution in [3.05, 3.63) is 31.0 Å². The van der Waals surface area contributed by atoms with E-state index in [4.69, 9.17) is 9.47 Å². The van der Waals surface area contributed by atoms with Crippen molar-refractivity contribution in [3.8, 4) is 5.82 Å². The second kappa shape index (κ2) is 5.18. The number of anilines is 1. The standard InChI is InChI=1S/C13H17N5O2/c1-13(2)19-6-11(7-20-13)17-10-3-4-12(15-5-10)18-9-14-8-16-18/h3-5,8-9,11,17H,6-7H2,1-2H3. The first kappa shape index (κ1) is 13.0. The molecule has 0 aliphatic carbocycles. The Hall–Kier alpha value is -1.99. The number of ether oxygens (including phenoxy) is 2. The molecule has 1 N–H and O–H groups in total. The first-order chi connectivity index (χ1) is 9.62. The fraction of sp³-hybridized carbons (Fsp3) is 0.462. The topological polar surface area (TPSA) is 74.1 Å². The molecule has 3 rings (SSSR count). The third-order valence-electron chi connectivity index (χ3n) is 3.04. The molecule has 1 fully saturated rings. The summed E-state index contributed by atoms with van der Waals surface area (Å²) in [4.78, 5) is 8.22. The molecule has 1 saturated heterocycles. The highest BCUT2D eigenvalue weighted by Gasteiger charge is 2.28. The Morgan fingerprint density at radius 2 is 2.10 bits per heavy atom. The summed E-state index contributed by atoms with van der Waals surface area (Å²) < 4.78 is 12.8. The molecule has 0 aromatic carbocycles.